The highest BCUT2D eigenvalue weighted by Crippen LogP contribution is 2.07. The molecule has 0 unspecified atom stereocenters. The zero-order valence-corrected chi connectivity index (χ0v) is 15.6. The number of hydrogen-bond donors (Lipinski definition) is 0. The van der Waals surface area contributed by atoms with E-state index in [-0.39, 0.29) is 18.5 Å². The Morgan fingerprint density at radius 1 is 0.625 bits per heavy atom. The first-order valence-corrected chi connectivity index (χ1v) is 9.68. The third-order valence-electron chi connectivity index (χ3n) is 3.76. The van der Waals surface area contributed by atoms with E-state index in [1.807, 2.05) is 0 Å². The summed E-state index contributed by atoms with van der Waals surface area (Å²) in [4.78, 5) is 32.4. The van der Waals surface area contributed by atoms with Crippen LogP contribution >= 0.6 is 0 Å². The normalized spacial score (nSPS) is 10.6. The van der Waals surface area contributed by atoms with Crippen LogP contribution in [-0.2, 0) is 24.1 Å². The lowest BCUT2D eigenvalue weighted by Crippen LogP contribution is -2.10. The van der Waals surface area contributed by atoms with Gasteiger partial charge >= 0.3 is 11.9 Å². The Balaban J connectivity index is 3.28. The Bertz CT molecular complexity index is 274. The maximum atomic E-state index is 11.5. The molecule has 0 aliphatic carbocycles. The number of carbonyl (C=O) groups excluding carboxylic acids is 2. The van der Waals surface area contributed by atoms with Gasteiger partial charge in [-0.3, -0.25) is 9.68 Å². The molecule has 0 fully saturated rings. The summed E-state index contributed by atoms with van der Waals surface area (Å²) >= 11 is 0. The third-order valence-corrected chi connectivity index (χ3v) is 3.76. The van der Waals surface area contributed by atoms with E-state index in [9.17, 15) is 9.59 Å². The van der Waals surface area contributed by atoms with Gasteiger partial charge in [0.25, 0.3) is 0 Å². The van der Waals surface area contributed by atoms with Gasteiger partial charge in [0.05, 0.1) is 13.2 Å². The standard InChI is InChI=1S/C19H36O5/c1-3-5-7-9-11-14-18(20)22-16-13-17-23-24-19(21)15-12-10-8-6-4-2/h3-17H2,1-2H3. The highest BCUT2D eigenvalue weighted by molar-refractivity contribution is 5.69. The van der Waals surface area contributed by atoms with E-state index in [1.165, 1.54) is 32.1 Å². The summed E-state index contributed by atoms with van der Waals surface area (Å²) in [5.41, 5.74) is 0. The van der Waals surface area contributed by atoms with Gasteiger partial charge in [-0.05, 0) is 12.8 Å². The van der Waals surface area contributed by atoms with Gasteiger partial charge in [-0.25, -0.2) is 4.79 Å². The number of esters is 1. The summed E-state index contributed by atoms with van der Waals surface area (Å²) in [6.45, 7) is 4.89. The van der Waals surface area contributed by atoms with Crippen molar-refractivity contribution in [1.29, 1.82) is 0 Å². The summed E-state index contributed by atoms with van der Waals surface area (Å²) in [5, 5.41) is 0. The molecule has 0 spiro atoms. The van der Waals surface area contributed by atoms with Crippen molar-refractivity contribution < 1.29 is 24.1 Å². The Kier molecular flexibility index (Phi) is 17.4. The van der Waals surface area contributed by atoms with Crippen molar-refractivity contribution in [1.82, 2.24) is 0 Å². The van der Waals surface area contributed by atoms with Gasteiger partial charge in [-0.15, -0.1) is 0 Å². The molecule has 0 rings (SSSR count). The van der Waals surface area contributed by atoms with Crippen molar-refractivity contribution in [3.8, 4) is 0 Å². The van der Waals surface area contributed by atoms with Gasteiger partial charge in [-0.2, -0.15) is 4.89 Å². The average Bonchev–Trinajstić information content (AvgIpc) is 2.57. The molecule has 5 heteroatoms. The van der Waals surface area contributed by atoms with E-state index in [1.54, 1.807) is 0 Å². The minimum absolute atomic E-state index is 0.157. The van der Waals surface area contributed by atoms with Crippen LogP contribution in [0.1, 0.15) is 97.3 Å². The molecule has 0 N–H and O–H groups in total. The number of ether oxygens (including phenoxy) is 1. The Hall–Kier alpha value is -1.10. The molecule has 0 heterocycles. The molecule has 0 bridgehead atoms. The summed E-state index contributed by atoms with van der Waals surface area (Å²) in [6, 6.07) is 0. The van der Waals surface area contributed by atoms with Gasteiger partial charge in [0.15, 0.2) is 0 Å². The van der Waals surface area contributed by atoms with Crippen LogP contribution < -0.4 is 0 Å². The number of rotatable bonds is 17. The lowest BCUT2D eigenvalue weighted by atomic mass is 10.1. The van der Waals surface area contributed by atoms with E-state index in [2.05, 4.69) is 18.7 Å². The molecule has 24 heavy (non-hydrogen) atoms. The molecule has 0 atom stereocenters. The summed E-state index contributed by atoms with van der Waals surface area (Å²) < 4.78 is 5.10. The fourth-order valence-corrected chi connectivity index (χ4v) is 2.27. The smallest absolute Gasteiger partial charge is 0.342 e. The zero-order valence-electron chi connectivity index (χ0n) is 15.6. The van der Waals surface area contributed by atoms with Crippen molar-refractivity contribution in [2.45, 2.75) is 97.3 Å². The first-order chi connectivity index (χ1) is 11.7. The van der Waals surface area contributed by atoms with Crippen LogP contribution in [0, 0.1) is 0 Å². The maximum absolute atomic E-state index is 11.5. The quantitative estimate of drug-likeness (QED) is 0.159. The van der Waals surface area contributed by atoms with Crippen molar-refractivity contribution in [3.05, 3.63) is 0 Å². The number of unbranched alkanes of at least 4 members (excludes halogenated alkanes) is 8. The van der Waals surface area contributed by atoms with Crippen LogP contribution in [-0.4, -0.2) is 25.2 Å². The molecule has 0 aliphatic heterocycles. The van der Waals surface area contributed by atoms with E-state index in [0.29, 0.717) is 25.9 Å². The molecule has 0 saturated carbocycles. The predicted molar refractivity (Wildman–Crippen MR) is 94.4 cm³/mol. The van der Waals surface area contributed by atoms with Crippen LogP contribution in [0.25, 0.3) is 0 Å². The first kappa shape index (κ1) is 22.9. The summed E-state index contributed by atoms with van der Waals surface area (Å²) in [6.07, 6.45) is 12.5. The first-order valence-electron chi connectivity index (χ1n) is 9.68. The van der Waals surface area contributed by atoms with Crippen LogP contribution in [0.5, 0.6) is 0 Å². The third kappa shape index (κ3) is 17.3. The monoisotopic (exact) mass is 344 g/mol. The van der Waals surface area contributed by atoms with Crippen molar-refractivity contribution in [2.24, 2.45) is 0 Å². The Labute approximate surface area is 147 Å². The van der Waals surface area contributed by atoms with Crippen LogP contribution in [0.2, 0.25) is 0 Å². The second-order valence-corrected chi connectivity index (χ2v) is 6.18. The zero-order chi connectivity index (χ0) is 17.9. The summed E-state index contributed by atoms with van der Waals surface area (Å²) in [5.74, 6) is -0.480. The number of carbonyl (C=O) groups is 2. The van der Waals surface area contributed by atoms with Crippen LogP contribution in [0.15, 0.2) is 0 Å². The van der Waals surface area contributed by atoms with Crippen molar-refractivity contribution in [2.75, 3.05) is 13.2 Å². The molecule has 0 radical (unpaired) electrons. The molecular formula is C19H36O5. The fourth-order valence-electron chi connectivity index (χ4n) is 2.27. The number of hydrogen-bond acceptors (Lipinski definition) is 5. The van der Waals surface area contributed by atoms with Gasteiger partial charge in [0, 0.05) is 19.3 Å². The molecule has 0 amide bonds. The average molecular weight is 344 g/mol. The highest BCUT2D eigenvalue weighted by Gasteiger charge is 2.05. The van der Waals surface area contributed by atoms with Crippen molar-refractivity contribution >= 4 is 11.9 Å². The molecule has 0 saturated heterocycles. The largest absolute Gasteiger partial charge is 0.466 e. The molecular weight excluding hydrogens is 308 g/mol. The van der Waals surface area contributed by atoms with Crippen LogP contribution in [0.4, 0.5) is 0 Å². The fraction of sp³-hybridized carbons (Fsp3) is 0.895. The minimum atomic E-state index is -0.324. The molecule has 0 aromatic heterocycles. The molecule has 0 aliphatic rings. The van der Waals surface area contributed by atoms with Gasteiger partial charge in [-0.1, -0.05) is 65.2 Å². The summed E-state index contributed by atoms with van der Waals surface area (Å²) in [7, 11) is 0. The van der Waals surface area contributed by atoms with Crippen LogP contribution in [0.3, 0.4) is 0 Å². The Morgan fingerprint density at radius 3 is 1.75 bits per heavy atom. The van der Waals surface area contributed by atoms with Gasteiger partial charge in [0.1, 0.15) is 0 Å². The van der Waals surface area contributed by atoms with Crippen molar-refractivity contribution in [3.63, 3.8) is 0 Å². The lowest BCUT2D eigenvalue weighted by Gasteiger charge is -2.06. The predicted octanol–water partition coefficient (Wildman–Crippen LogP) is 5.12. The SMILES string of the molecule is CCCCCCCC(=O)OCCCOOC(=O)CCCCCCC. The second kappa shape index (κ2) is 18.2. The van der Waals surface area contributed by atoms with E-state index >= 15 is 0 Å². The maximum Gasteiger partial charge on any atom is 0.342 e. The second-order valence-electron chi connectivity index (χ2n) is 6.18. The van der Waals surface area contributed by atoms with Gasteiger partial charge < -0.3 is 4.74 Å². The lowest BCUT2D eigenvalue weighted by molar-refractivity contribution is -0.273. The highest BCUT2D eigenvalue weighted by atomic mass is 17.2. The molecule has 0 aromatic rings. The molecule has 142 valence electrons. The Morgan fingerprint density at radius 2 is 1.17 bits per heavy atom. The van der Waals surface area contributed by atoms with E-state index in [4.69, 9.17) is 9.62 Å². The van der Waals surface area contributed by atoms with E-state index < -0.39 is 0 Å². The van der Waals surface area contributed by atoms with Gasteiger partial charge in [0.2, 0.25) is 0 Å². The topological polar surface area (TPSA) is 61.8 Å². The molecule has 5 nitrogen and oxygen atoms in total. The van der Waals surface area contributed by atoms with E-state index in [0.717, 1.165) is 32.1 Å². The molecule has 0 aromatic carbocycles. The minimum Gasteiger partial charge on any atom is -0.466 e.